The number of carbonyl (C=O) groups excluding carboxylic acids is 3. The lowest BCUT2D eigenvalue weighted by Crippen LogP contribution is -2.42. The van der Waals surface area contributed by atoms with Crippen molar-refractivity contribution >= 4 is 17.8 Å². The topological polar surface area (TPSA) is 114 Å². The Morgan fingerprint density at radius 3 is 2.00 bits per heavy atom. The maximum Gasteiger partial charge on any atom is 0.471 e. The molecule has 0 spiro atoms. The number of rotatable bonds is 14. The average Bonchev–Trinajstić information content (AvgIpc) is 3.02. The standard InChI is InChI=1S/C33H37F3N2O6/c1-3-10-29(40)38-44-30(41)23-14-16-25(17-15-23)32(24-11-6-4-7-12-24,26-18-20-27(43-2)21-19-26)28(39)13-8-5-9-22-37-31(42)33(34,35)36/h4,6-7,11-12,14-21,28,39H,3,5,8-10,13,22H2,1-2H3,(H,37,42)(H,38,40). The van der Waals surface area contributed by atoms with Gasteiger partial charge in [-0.3, -0.25) is 9.59 Å². The molecule has 3 aromatic rings. The quantitative estimate of drug-likeness (QED) is 0.124. The first kappa shape index (κ1) is 34.1. The van der Waals surface area contributed by atoms with Gasteiger partial charge in [0.1, 0.15) is 5.75 Å². The Labute approximate surface area is 254 Å². The number of aliphatic hydroxyl groups excluding tert-OH is 1. The second kappa shape index (κ2) is 15.9. The predicted octanol–water partition coefficient (Wildman–Crippen LogP) is 5.62. The minimum absolute atomic E-state index is 0.132. The summed E-state index contributed by atoms with van der Waals surface area (Å²) in [5.41, 5.74) is 3.41. The highest BCUT2D eigenvalue weighted by Crippen LogP contribution is 2.44. The molecule has 3 aromatic carbocycles. The Kier molecular flexibility index (Phi) is 12.3. The number of ether oxygens (including phenoxy) is 1. The van der Waals surface area contributed by atoms with Crippen molar-refractivity contribution in [1.29, 1.82) is 0 Å². The zero-order valence-electron chi connectivity index (χ0n) is 24.7. The number of hydroxylamine groups is 1. The van der Waals surface area contributed by atoms with Crippen LogP contribution in [0.1, 0.15) is 72.5 Å². The molecule has 0 radical (unpaired) electrons. The van der Waals surface area contributed by atoms with Gasteiger partial charge in [-0.25, -0.2) is 4.79 Å². The molecule has 236 valence electrons. The van der Waals surface area contributed by atoms with Gasteiger partial charge in [0.15, 0.2) is 0 Å². The van der Waals surface area contributed by atoms with Crippen LogP contribution in [0, 0.1) is 0 Å². The van der Waals surface area contributed by atoms with E-state index in [0.717, 1.165) is 11.1 Å². The van der Waals surface area contributed by atoms with Gasteiger partial charge >= 0.3 is 18.1 Å². The average molecular weight is 615 g/mol. The molecule has 3 N–H and O–H groups in total. The van der Waals surface area contributed by atoms with Crippen molar-refractivity contribution in [1.82, 2.24) is 10.8 Å². The van der Waals surface area contributed by atoms with Crippen LogP contribution in [0.25, 0.3) is 0 Å². The van der Waals surface area contributed by atoms with E-state index in [4.69, 9.17) is 9.57 Å². The molecule has 3 rings (SSSR count). The SMILES string of the molecule is CCCC(=O)NOC(=O)c1ccc(C(c2ccccc2)(c2ccc(OC)cc2)C(O)CCCCCNC(=O)C(F)(F)F)cc1. The van der Waals surface area contributed by atoms with Gasteiger partial charge < -0.3 is 20.0 Å². The van der Waals surface area contributed by atoms with E-state index in [9.17, 15) is 32.7 Å². The smallest absolute Gasteiger partial charge is 0.471 e. The zero-order valence-corrected chi connectivity index (χ0v) is 24.7. The molecule has 0 saturated heterocycles. The number of amides is 2. The maximum atomic E-state index is 12.6. The lowest BCUT2D eigenvalue weighted by Gasteiger charge is -2.40. The molecule has 0 fully saturated rings. The normalized spacial score (nSPS) is 13.3. The van der Waals surface area contributed by atoms with Crippen molar-refractivity contribution in [3.8, 4) is 5.75 Å². The third-order valence-electron chi connectivity index (χ3n) is 7.28. The van der Waals surface area contributed by atoms with Crippen LogP contribution in [-0.2, 0) is 19.8 Å². The van der Waals surface area contributed by atoms with Gasteiger partial charge in [-0.15, -0.1) is 0 Å². The van der Waals surface area contributed by atoms with Gasteiger partial charge in [-0.1, -0.05) is 74.4 Å². The van der Waals surface area contributed by atoms with Crippen molar-refractivity contribution in [3.63, 3.8) is 0 Å². The second-order valence-electron chi connectivity index (χ2n) is 10.3. The first-order valence-electron chi connectivity index (χ1n) is 14.4. The molecule has 2 amide bonds. The summed E-state index contributed by atoms with van der Waals surface area (Å²) in [7, 11) is 1.55. The molecular formula is C33H37F3N2O6. The number of aliphatic hydroxyl groups is 1. The number of carbonyl (C=O) groups is 3. The summed E-state index contributed by atoms with van der Waals surface area (Å²) in [6, 6.07) is 23.2. The Morgan fingerprint density at radius 1 is 0.841 bits per heavy atom. The summed E-state index contributed by atoms with van der Waals surface area (Å²) in [5, 5.41) is 13.8. The number of alkyl halides is 3. The molecule has 0 heterocycles. The highest BCUT2D eigenvalue weighted by atomic mass is 19.4. The first-order chi connectivity index (χ1) is 21.0. The van der Waals surface area contributed by atoms with Crippen LogP contribution >= 0.6 is 0 Å². The lowest BCUT2D eigenvalue weighted by molar-refractivity contribution is -0.173. The predicted molar refractivity (Wildman–Crippen MR) is 158 cm³/mol. The zero-order chi connectivity index (χ0) is 32.2. The van der Waals surface area contributed by atoms with E-state index in [1.54, 1.807) is 43.5 Å². The molecule has 2 atom stereocenters. The van der Waals surface area contributed by atoms with Crippen molar-refractivity contribution in [2.45, 2.75) is 63.1 Å². The Bertz CT molecular complexity index is 1370. The monoisotopic (exact) mass is 614 g/mol. The highest BCUT2D eigenvalue weighted by Gasteiger charge is 2.43. The third kappa shape index (κ3) is 8.59. The number of methoxy groups -OCH3 is 1. The number of halogens is 3. The molecule has 0 bridgehead atoms. The number of unbranched alkanes of at least 4 members (excludes halogenated alkanes) is 2. The maximum absolute atomic E-state index is 12.6. The molecule has 44 heavy (non-hydrogen) atoms. The van der Waals surface area contributed by atoms with Crippen molar-refractivity contribution in [2.24, 2.45) is 0 Å². The molecule has 0 aromatic heterocycles. The van der Waals surface area contributed by atoms with Crippen molar-refractivity contribution < 1.29 is 42.2 Å². The minimum atomic E-state index is -4.93. The largest absolute Gasteiger partial charge is 0.497 e. The summed E-state index contributed by atoms with van der Waals surface area (Å²) < 4.78 is 42.7. The summed E-state index contributed by atoms with van der Waals surface area (Å²) in [4.78, 5) is 40.3. The first-order valence-corrected chi connectivity index (χ1v) is 14.4. The van der Waals surface area contributed by atoms with E-state index in [1.807, 2.05) is 54.7 Å². The van der Waals surface area contributed by atoms with Crippen LogP contribution in [0.5, 0.6) is 5.75 Å². The lowest BCUT2D eigenvalue weighted by atomic mass is 9.64. The molecule has 2 unspecified atom stereocenters. The van der Waals surface area contributed by atoms with E-state index >= 15 is 0 Å². The van der Waals surface area contributed by atoms with E-state index < -0.39 is 35.5 Å². The van der Waals surface area contributed by atoms with Gasteiger partial charge in [0.2, 0.25) is 0 Å². The summed E-state index contributed by atoms with van der Waals surface area (Å²) in [5.74, 6) is -2.51. The number of hydrogen-bond acceptors (Lipinski definition) is 6. The summed E-state index contributed by atoms with van der Waals surface area (Å²) >= 11 is 0. The van der Waals surface area contributed by atoms with Gasteiger partial charge in [0, 0.05) is 13.0 Å². The fraction of sp³-hybridized carbons (Fsp3) is 0.364. The summed E-state index contributed by atoms with van der Waals surface area (Å²) in [6.45, 7) is 1.70. The highest BCUT2D eigenvalue weighted by molar-refractivity contribution is 5.90. The van der Waals surface area contributed by atoms with Crippen LogP contribution in [0.15, 0.2) is 78.9 Å². The fourth-order valence-electron chi connectivity index (χ4n) is 5.10. The number of benzene rings is 3. The Hall–Kier alpha value is -4.38. The van der Waals surface area contributed by atoms with E-state index in [2.05, 4.69) is 5.48 Å². The van der Waals surface area contributed by atoms with Gasteiger partial charge in [-0.05, 0) is 60.2 Å². The van der Waals surface area contributed by atoms with Gasteiger partial charge in [0.25, 0.3) is 5.91 Å². The molecule has 0 saturated carbocycles. The molecule has 0 aliphatic heterocycles. The third-order valence-corrected chi connectivity index (χ3v) is 7.28. The molecule has 11 heteroatoms. The van der Waals surface area contributed by atoms with E-state index in [-0.39, 0.29) is 24.9 Å². The molecule has 8 nitrogen and oxygen atoms in total. The minimum Gasteiger partial charge on any atom is -0.497 e. The molecular weight excluding hydrogens is 577 g/mol. The summed E-state index contributed by atoms with van der Waals surface area (Å²) in [6.07, 6.45) is -3.60. The van der Waals surface area contributed by atoms with Crippen molar-refractivity contribution in [3.05, 3.63) is 101 Å². The number of hydrogen-bond donors (Lipinski definition) is 3. The second-order valence-corrected chi connectivity index (χ2v) is 10.3. The van der Waals surface area contributed by atoms with Crippen LogP contribution in [0.2, 0.25) is 0 Å². The van der Waals surface area contributed by atoms with Gasteiger partial charge in [0.05, 0.1) is 24.2 Å². The molecule has 0 aliphatic carbocycles. The van der Waals surface area contributed by atoms with Gasteiger partial charge in [-0.2, -0.15) is 18.7 Å². The van der Waals surface area contributed by atoms with E-state index in [0.29, 0.717) is 37.0 Å². The van der Waals surface area contributed by atoms with Crippen LogP contribution in [0.3, 0.4) is 0 Å². The van der Waals surface area contributed by atoms with Crippen molar-refractivity contribution in [2.75, 3.05) is 13.7 Å². The van der Waals surface area contributed by atoms with Crippen LogP contribution in [-0.4, -0.2) is 48.8 Å². The molecule has 0 aliphatic rings. The number of nitrogens with one attached hydrogen (secondary N) is 2. The van der Waals surface area contributed by atoms with E-state index in [1.165, 1.54) is 0 Å². The fourth-order valence-corrected chi connectivity index (χ4v) is 5.10. The Balaban J connectivity index is 1.92. The Morgan fingerprint density at radius 2 is 1.43 bits per heavy atom. The van der Waals surface area contributed by atoms with Crippen LogP contribution in [0.4, 0.5) is 13.2 Å². The van der Waals surface area contributed by atoms with Crippen LogP contribution < -0.4 is 15.5 Å².